The topological polar surface area (TPSA) is 52.3 Å². The number of hydrogen-bond donors (Lipinski definition) is 1. The van der Waals surface area contributed by atoms with Crippen LogP contribution in [0.15, 0.2) is 0 Å². The van der Waals surface area contributed by atoms with Crippen molar-refractivity contribution in [3.63, 3.8) is 0 Å². The van der Waals surface area contributed by atoms with E-state index in [1.807, 2.05) is 23.5 Å². The van der Waals surface area contributed by atoms with Crippen LogP contribution in [0.5, 0.6) is 0 Å². The molecule has 2 N–H and O–H groups in total. The molecule has 0 saturated heterocycles. The van der Waals surface area contributed by atoms with Gasteiger partial charge in [-0.1, -0.05) is 6.92 Å². The molecule has 0 aromatic heterocycles. The minimum absolute atomic E-state index is 0.312. The van der Waals surface area contributed by atoms with Gasteiger partial charge in [0.15, 0.2) is 0 Å². The van der Waals surface area contributed by atoms with E-state index >= 15 is 0 Å². The Morgan fingerprint density at radius 1 is 1.36 bits per heavy atom. The van der Waals surface area contributed by atoms with Crippen molar-refractivity contribution in [1.29, 1.82) is 0 Å². The van der Waals surface area contributed by atoms with Crippen molar-refractivity contribution >= 4 is 29.5 Å². The number of esters is 1. The first-order chi connectivity index (χ1) is 6.72. The van der Waals surface area contributed by atoms with E-state index in [1.54, 1.807) is 0 Å². The van der Waals surface area contributed by atoms with E-state index in [1.165, 1.54) is 18.6 Å². The number of hydrogen-bond acceptors (Lipinski definition) is 5. The molecule has 0 amide bonds. The van der Waals surface area contributed by atoms with Crippen LogP contribution in [0.4, 0.5) is 0 Å². The first kappa shape index (κ1) is 14.1. The van der Waals surface area contributed by atoms with Crippen molar-refractivity contribution < 1.29 is 9.53 Å². The Kier molecular flexibility index (Phi) is 9.77. The van der Waals surface area contributed by atoms with Gasteiger partial charge in [0.05, 0.1) is 7.11 Å². The van der Waals surface area contributed by atoms with Gasteiger partial charge in [0.2, 0.25) is 0 Å². The van der Waals surface area contributed by atoms with E-state index < -0.39 is 6.04 Å². The average Bonchev–Trinajstić information content (AvgIpc) is 2.21. The molecule has 0 aliphatic rings. The van der Waals surface area contributed by atoms with Crippen LogP contribution in [0.1, 0.15) is 13.3 Å². The van der Waals surface area contributed by atoms with Gasteiger partial charge in [-0.05, 0) is 17.9 Å². The highest BCUT2D eigenvalue weighted by atomic mass is 32.2. The fourth-order valence-electron chi connectivity index (χ4n) is 0.844. The lowest BCUT2D eigenvalue weighted by atomic mass is 10.2. The Morgan fingerprint density at radius 3 is 2.57 bits per heavy atom. The van der Waals surface area contributed by atoms with Crippen LogP contribution in [0, 0.1) is 0 Å². The third kappa shape index (κ3) is 7.53. The van der Waals surface area contributed by atoms with Crippen LogP contribution in [-0.2, 0) is 9.53 Å². The third-order valence-electron chi connectivity index (χ3n) is 1.65. The summed E-state index contributed by atoms with van der Waals surface area (Å²) >= 11 is 3.77. The fraction of sp³-hybridized carbons (Fsp3) is 0.889. The van der Waals surface area contributed by atoms with Crippen LogP contribution in [0.2, 0.25) is 0 Å². The van der Waals surface area contributed by atoms with Crippen molar-refractivity contribution in [3.05, 3.63) is 0 Å². The Bertz CT molecular complexity index is 156. The molecule has 1 unspecified atom stereocenters. The molecular formula is C9H19NO2S2. The van der Waals surface area contributed by atoms with E-state index in [0.717, 1.165) is 11.5 Å². The molecule has 0 aromatic carbocycles. The summed E-state index contributed by atoms with van der Waals surface area (Å²) in [4.78, 5) is 10.9. The summed E-state index contributed by atoms with van der Waals surface area (Å²) in [5.41, 5.74) is 5.58. The Morgan fingerprint density at radius 2 is 2.00 bits per heavy atom. The SMILES string of the molecule is CCSCCSCCC(N)C(=O)OC. The van der Waals surface area contributed by atoms with Crippen molar-refractivity contribution in [2.45, 2.75) is 19.4 Å². The molecule has 84 valence electrons. The summed E-state index contributed by atoms with van der Waals surface area (Å²) in [5.74, 6) is 4.10. The maximum Gasteiger partial charge on any atom is 0.322 e. The first-order valence-corrected chi connectivity index (χ1v) is 7.02. The van der Waals surface area contributed by atoms with Gasteiger partial charge in [0.1, 0.15) is 6.04 Å². The van der Waals surface area contributed by atoms with Crippen molar-refractivity contribution in [3.8, 4) is 0 Å². The second-order valence-corrected chi connectivity index (χ2v) is 5.35. The minimum atomic E-state index is -0.452. The van der Waals surface area contributed by atoms with Crippen LogP contribution >= 0.6 is 23.5 Å². The molecule has 0 saturated carbocycles. The van der Waals surface area contributed by atoms with E-state index in [4.69, 9.17) is 5.73 Å². The van der Waals surface area contributed by atoms with Crippen molar-refractivity contribution in [2.75, 3.05) is 30.1 Å². The number of rotatable bonds is 8. The van der Waals surface area contributed by atoms with Crippen LogP contribution < -0.4 is 5.73 Å². The Balaban J connectivity index is 3.23. The molecule has 3 nitrogen and oxygen atoms in total. The molecule has 5 heteroatoms. The number of thioether (sulfide) groups is 2. The summed E-state index contributed by atoms with van der Waals surface area (Å²) in [6.07, 6.45) is 0.703. The zero-order chi connectivity index (χ0) is 10.8. The summed E-state index contributed by atoms with van der Waals surface area (Å²) in [7, 11) is 1.37. The molecule has 14 heavy (non-hydrogen) atoms. The van der Waals surface area contributed by atoms with Gasteiger partial charge in [-0.25, -0.2) is 0 Å². The summed E-state index contributed by atoms with van der Waals surface area (Å²) in [5, 5.41) is 0. The van der Waals surface area contributed by atoms with E-state index in [0.29, 0.717) is 6.42 Å². The summed E-state index contributed by atoms with van der Waals surface area (Å²) in [6.45, 7) is 2.16. The molecule has 0 aliphatic carbocycles. The Labute approximate surface area is 94.5 Å². The van der Waals surface area contributed by atoms with Gasteiger partial charge < -0.3 is 10.5 Å². The summed E-state index contributed by atoms with van der Waals surface area (Å²) in [6, 6.07) is -0.452. The maximum absolute atomic E-state index is 10.9. The number of carbonyl (C=O) groups is 1. The largest absolute Gasteiger partial charge is 0.468 e. The maximum atomic E-state index is 10.9. The molecule has 0 aromatic rings. The predicted octanol–water partition coefficient (Wildman–Crippen LogP) is 1.36. The number of nitrogens with two attached hydrogens (primary N) is 1. The van der Waals surface area contributed by atoms with Crippen LogP contribution in [0.25, 0.3) is 0 Å². The molecular weight excluding hydrogens is 218 g/mol. The fourth-order valence-corrected chi connectivity index (χ4v) is 2.70. The Hall–Kier alpha value is 0.130. The minimum Gasteiger partial charge on any atom is -0.468 e. The van der Waals surface area contributed by atoms with Crippen molar-refractivity contribution in [2.24, 2.45) is 5.73 Å². The van der Waals surface area contributed by atoms with Crippen LogP contribution in [-0.4, -0.2) is 42.1 Å². The monoisotopic (exact) mass is 237 g/mol. The zero-order valence-electron chi connectivity index (χ0n) is 8.82. The van der Waals surface area contributed by atoms with Gasteiger partial charge in [-0.2, -0.15) is 23.5 Å². The summed E-state index contributed by atoms with van der Waals surface area (Å²) < 4.78 is 4.53. The highest BCUT2D eigenvalue weighted by Crippen LogP contribution is 2.08. The average molecular weight is 237 g/mol. The molecule has 0 bridgehead atoms. The van der Waals surface area contributed by atoms with Gasteiger partial charge in [0.25, 0.3) is 0 Å². The first-order valence-electron chi connectivity index (χ1n) is 4.71. The smallest absolute Gasteiger partial charge is 0.322 e. The van der Waals surface area contributed by atoms with Gasteiger partial charge in [0, 0.05) is 11.5 Å². The quantitative estimate of drug-likeness (QED) is 0.510. The lowest BCUT2D eigenvalue weighted by molar-refractivity contribution is -0.142. The highest BCUT2D eigenvalue weighted by Gasteiger charge is 2.12. The molecule has 0 heterocycles. The van der Waals surface area contributed by atoms with Crippen molar-refractivity contribution in [1.82, 2.24) is 0 Å². The van der Waals surface area contributed by atoms with Gasteiger partial charge in [-0.3, -0.25) is 4.79 Å². The molecule has 0 fully saturated rings. The second-order valence-electron chi connectivity index (χ2n) is 2.73. The lowest BCUT2D eigenvalue weighted by Crippen LogP contribution is -2.32. The van der Waals surface area contributed by atoms with E-state index in [9.17, 15) is 4.79 Å². The standard InChI is InChI=1S/C9H19NO2S2/c1-3-13-6-7-14-5-4-8(10)9(11)12-2/h8H,3-7,10H2,1-2H3. The van der Waals surface area contributed by atoms with Gasteiger partial charge >= 0.3 is 5.97 Å². The molecule has 0 aliphatic heterocycles. The highest BCUT2D eigenvalue weighted by molar-refractivity contribution is 8.02. The molecule has 0 rings (SSSR count). The predicted molar refractivity (Wildman–Crippen MR) is 64.9 cm³/mol. The zero-order valence-corrected chi connectivity index (χ0v) is 10.5. The second kappa shape index (κ2) is 9.68. The van der Waals surface area contributed by atoms with E-state index in [-0.39, 0.29) is 5.97 Å². The van der Waals surface area contributed by atoms with Gasteiger partial charge in [-0.15, -0.1) is 0 Å². The molecule has 0 radical (unpaired) electrons. The van der Waals surface area contributed by atoms with Crippen LogP contribution in [0.3, 0.4) is 0 Å². The molecule has 1 atom stereocenters. The number of methoxy groups -OCH3 is 1. The third-order valence-corrected chi connectivity index (χ3v) is 3.83. The number of carbonyl (C=O) groups excluding carboxylic acids is 1. The molecule has 0 spiro atoms. The normalized spacial score (nSPS) is 12.5. The lowest BCUT2D eigenvalue weighted by Gasteiger charge is -2.08. The van der Waals surface area contributed by atoms with E-state index in [2.05, 4.69) is 11.7 Å². The number of ether oxygens (including phenoxy) is 1.